The number of pyridine rings is 1. The van der Waals surface area contributed by atoms with E-state index in [0.717, 1.165) is 22.5 Å². The summed E-state index contributed by atoms with van der Waals surface area (Å²) in [6, 6.07) is 47.2. The Balaban J connectivity index is 1.43. The summed E-state index contributed by atoms with van der Waals surface area (Å²) in [5, 5.41) is 2.54. The lowest BCUT2D eigenvalue weighted by atomic mass is 9.95. The molecule has 6 rings (SSSR count). The minimum absolute atomic E-state index is 0.979. The third-order valence-electron chi connectivity index (χ3n) is 6.59. The Kier molecular flexibility index (Phi) is 5.44. The molecular weight excluding hydrogens is 422 g/mol. The standard InChI is InChI=1S/C34H25N/c1-24-20-29-14-8-9-15-30(29)21-32(24)26-16-18-28(19-17-26)34-23-31(25-10-4-2-5-11-25)22-33(35-34)27-12-6-3-7-13-27/h2-23H,1H3. The number of hydrogen-bond donors (Lipinski definition) is 0. The molecule has 6 aromatic rings. The highest BCUT2D eigenvalue weighted by atomic mass is 14.7. The minimum atomic E-state index is 0.979. The summed E-state index contributed by atoms with van der Waals surface area (Å²) in [7, 11) is 0. The Bertz CT molecular complexity index is 1560. The average molecular weight is 448 g/mol. The molecule has 1 nitrogen and oxygen atoms in total. The summed E-state index contributed by atoms with van der Waals surface area (Å²) in [5.74, 6) is 0. The fourth-order valence-corrected chi connectivity index (χ4v) is 4.72. The van der Waals surface area contributed by atoms with E-state index in [1.807, 2.05) is 6.07 Å². The van der Waals surface area contributed by atoms with Crippen molar-refractivity contribution in [1.29, 1.82) is 0 Å². The van der Waals surface area contributed by atoms with Crippen LogP contribution in [-0.2, 0) is 0 Å². The van der Waals surface area contributed by atoms with Crippen LogP contribution in [-0.4, -0.2) is 4.98 Å². The quantitative estimate of drug-likeness (QED) is 0.262. The Labute approximate surface area is 206 Å². The van der Waals surface area contributed by atoms with Crippen molar-refractivity contribution in [2.45, 2.75) is 6.92 Å². The molecular formula is C34H25N. The largest absolute Gasteiger partial charge is 0.248 e. The maximum Gasteiger partial charge on any atom is 0.0715 e. The molecule has 0 N–H and O–H groups in total. The summed E-state index contributed by atoms with van der Waals surface area (Å²) in [5.41, 5.74) is 10.3. The molecule has 0 saturated heterocycles. The van der Waals surface area contributed by atoms with Crippen LogP contribution in [0.1, 0.15) is 5.56 Å². The maximum absolute atomic E-state index is 5.06. The second-order valence-electron chi connectivity index (χ2n) is 8.95. The second-order valence-corrected chi connectivity index (χ2v) is 8.95. The van der Waals surface area contributed by atoms with Gasteiger partial charge in [0.2, 0.25) is 0 Å². The van der Waals surface area contributed by atoms with Gasteiger partial charge in [-0.3, -0.25) is 0 Å². The molecule has 0 aliphatic carbocycles. The first kappa shape index (κ1) is 21.1. The Morgan fingerprint density at radius 3 is 1.51 bits per heavy atom. The summed E-state index contributed by atoms with van der Waals surface area (Å²) in [4.78, 5) is 5.06. The molecule has 0 spiro atoms. The molecule has 0 bridgehead atoms. The van der Waals surface area contributed by atoms with Crippen LogP contribution >= 0.6 is 0 Å². The van der Waals surface area contributed by atoms with E-state index in [4.69, 9.17) is 4.98 Å². The van der Waals surface area contributed by atoms with Gasteiger partial charge in [-0.2, -0.15) is 0 Å². The zero-order valence-corrected chi connectivity index (χ0v) is 19.6. The third kappa shape index (κ3) is 4.25. The number of rotatable bonds is 4. The number of fused-ring (bicyclic) bond motifs is 1. The molecule has 0 radical (unpaired) electrons. The minimum Gasteiger partial charge on any atom is -0.248 e. The lowest BCUT2D eigenvalue weighted by molar-refractivity contribution is 1.32. The topological polar surface area (TPSA) is 12.9 Å². The van der Waals surface area contributed by atoms with Crippen molar-refractivity contribution in [2.75, 3.05) is 0 Å². The van der Waals surface area contributed by atoms with Crippen molar-refractivity contribution in [3.8, 4) is 44.8 Å². The second kappa shape index (κ2) is 9.04. The Morgan fingerprint density at radius 1 is 0.400 bits per heavy atom. The van der Waals surface area contributed by atoms with E-state index in [1.54, 1.807) is 0 Å². The lowest BCUT2D eigenvalue weighted by Crippen LogP contribution is -1.91. The van der Waals surface area contributed by atoms with Crippen molar-refractivity contribution < 1.29 is 0 Å². The average Bonchev–Trinajstić information content (AvgIpc) is 2.93. The molecule has 1 heterocycles. The molecule has 1 aromatic heterocycles. The van der Waals surface area contributed by atoms with Crippen LogP contribution in [0.15, 0.2) is 133 Å². The summed E-state index contributed by atoms with van der Waals surface area (Å²) < 4.78 is 0. The fourth-order valence-electron chi connectivity index (χ4n) is 4.72. The molecule has 35 heavy (non-hydrogen) atoms. The summed E-state index contributed by atoms with van der Waals surface area (Å²) in [6.45, 7) is 2.19. The first-order chi connectivity index (χ1) is 17.2. The van der Waals surface area contributed by atoms with Crippen LogP contribution in [0.3, 0.4) is 0 Å². The molecule has 166 valence electrons. The third-order valence-corrected chi connectivity index (χ3v) is 6.59. The van der Waals surface area contributed by atoms with Gasteiger partial charge in [0.1, 0.15) is 0 Å². The monoisotopic (exact) mass is 447 g/mol. The highest BCUT2D eigenvalue weighted by molar-refractivity contribution is 5.89. The number of hydrogen-bond acceptors (Lipinski definition) is 1. The molecule has 0 aliphatic heterocycles. The molecule has 1 heteroatoms. The van der Waals surface area contributed by atoms with Crippen molar-refractivity contribution in [3.63, 3.8) is 0 Å². The number of aromatic nitrogens is 1. The van der Waals surface area contributed by atoms with Gasteiger partial charge >= 0.3 is 0 Å². The van der Waals surface area contributed by atoms with Crippen LogP contribution in [0.2, 0.25) is 0 Å². The van der Waals surface area contributed by atoms with Gasteiger partial charge in [-0.05, 0) is 63.7 Å². The van der Waals surface area contributed by atoms with E-state index in [0.29, 0.717) is 0 Å². The van der Waals surface area contributed by atoms with Crippen molar-refractivity contribution in [3.05, 3.63) is 139 Å². The summed E-state index contributed by atoms with van der Waals surface area (Å²) in [6.07, 6.45) is 0. The number of nitrogens with zero attached hydrogens (tertiary/aromatic N) is 1. The molecule has 0 fully saturated rings. The van der Waals surface area contributed by atoms with Crippen LogP contribution < -0.4 is 0 Å². The van der Waals surface area contributed by atoms with Gasteiger partial charge in [0.25, 0.3) is 0 Å². The normalized spacial score (nSPS) is 11.0. The van der Waals surface area contributed by atoms with E-state index in [9.17, 15) is 0 Å². The van der Waals surface area contributed by atoms with Crippen LogP contribution in [0.4, 0.5) is 0 Å². The lowest BCUT2D eigenvalue weighted by Gasteiger charge is -2.12. The van der Waals surface area contributed by atoms with Gasteiger partial charge in [-0.1, -0.05) is 115 Å². The first-order valence-electron chi connectivity index (χ1n) is 12.0. The fraction of sp³-hybridized carbons (Fsp3) is 0.0294. The Hall–Kier alpha value is -4.49. The zero-order valence-electron chi connectivity index (χ0n) is 19.6. The van der Waals surface area contributed by atoms with E-state index in [2.05, 4.69) is 134 Å². The van der Waals surface area contributed by atoms with Crippen molar-refractivity contribution in [2.24, 2.45) is 0 Å². The van der Waals surface area contributed by atoms with Crippen LogP contribution in [0.5, 0.6) is 0 Å². The molecule has 0 atom stereocenters. The molecule has 5 aromatic carbocycles. The smallest absolute Gasteiger partial charge is 0.0715 e. The van der Waals surface area contributed by atoms with Gasteiger partial charge < -0.3 is 0 Å². The van der Waals surface area contributed by atoms with E-state index >= 15 is 0 Å². The SMILES string of the molecule is Cc1cc2ccccc2cc1-c1ccc(-c2cc(-c3ccccc3)cc(-c3ccccc3)n2)cc1. The predicted octanol–water partition coefficient (Wildman–Crippen LogP) is 9.21. The number of aryl methyl sites for hydroxylation is 1. The summed E-state index contributed by atoms with van der Waals surface area (Å²) >= 11 is 0. The van der Waals surface area contributed by atoms with Crippen LogP contribution in [0, 0.1) is 6.92 Å². The molecule has 0 aliphatic rings. The van der Waals surface area contributed by atoms with Gasteiger partial charge in [0.15, 0.2) is 0 Å². The molecule has 0 amide bonds. The first-order valence-corrected chi connectivity index (χ1v) is 12.0. The maximum atomic E-state index is 5.06. The molecule has 0 unspecified atom stereocenters. The molecule has 0 saturated carbocycles. The van der Waals surface area contributed by atoms with E-state index in [-0.39, 0.29) is 0 Å². The number of benzene rings is 5. The van der Waals surface area contributed by atoms with E-state index in [1.165, 1.54) is 38.6 Å². The van der Waals surface area contributed by atoms with Crippen molar-refractivity contribution in [1.82, 2.24) is 4.98 Å². The van der Waals surface area contributed by atoms with Crippen molar-refractivity contribution >= 4 is 10.8 Å². The van der Waals surface area contributed by atoms with Gasteiger partial charge in [0, 0.05) is 11.1 Å². The van der Waals surface area contributed by atoms with Gasteiger partial charge in [-0.15, -0.1) is 0 Å². The Morgan fingerprint density at radius 2 is 0.886 bits per heavy atom. The predicted molar refractivity (Wildman–Crippen MR) is 148 cm³/mol. The van der Waals surface area contributed by atoms with Crippen LogP contribution in [0.25, 0.3) is 55.5 Å². The highest BCUT2D eigenvalue weighted by Crippen LogP contribution is 2.33. The van der Waals surface area contributed by atoms with Gasteiger partial charge in [0.05, 0.1) is 11.4 Å². The van der Waals surface area contributed by atoms with Gasteiger partial charge in [-0.25, -0.2) is 4.98 Å². The highest BCUT2D eigenvalue weighted by Gasteiger charge is 2.10. The zero-order chi connectivity index (χ0) is 23.6. The van der Waals surface area contributed by atoms with E-state index < -0.39 is 0 Å².